The van der Waals surface area contributed by atoms with Gasteiger partial charge >= 0.3 is 0 Å². The summed E-state index contributed by atoms with van der Waals surface area (Å²) < 4.78 is 0. The molecule has 0 radical (unpaired) electrons. The van der Waals surface area contributed by atoms with Crippen molar-refractivity contribution in [2.45, 2.75) is 45.4 Å². The first kappa shape index (κ1) is 13.3. The number of hydrogen-bond acceptors (Lipinski definition) is 1. The second kappa shape index (κ2) is 16.4. The highest BCUT2D eigenvalue weighted by Gasteiger charge is 1.84. The molecule has 0 aliphatic rings. The quantitative estimate of drug-likeness (QED) is 0.465. The third-order valence-corrected chi connectivity index (χ3v) is 1.51. The van der Waals surface area contributed by atoms with Gasteiger partial charge in [0.2, 0.25) is 0 Å². The summed E-state index contributed by atoms with van der Waals surface area (Å²) in [6.07, 6.45) is 10.1. The van der Waals surface area contributed by atoms with E-state index in [9.17, 15) is 0 Å². The molecule has 0 unspecified atom stereocenters. The fraction of sp³-hybridized carbons (Fsp3) is 0.800. The van der Waals surface area contributed by atoms with E-state index >= 15 is 0 Å². The van der Waals surface area contributed by atoms with Crippen molar-refractivity contribution in [3.05, 3.63) is 12.7 Å². The van der Waals surface area contributed by atoms with Crippen LogP contribution >= 0.6 is 0 Å². The molecule has 1 heteroatoms. The second-order valence-electron chi connectivity index (χ2n) is 2.49. The zero-order valence-corrected chi connectivity index (χ0v) is 8.10. The molecular weight excluding hydrogens is 134 g/mol. The van der Waals surface area contributed by atoms with Gasteiger partial charge in [0.25, 0.3) is 0 Å². The minimum Gasteiger partial charge on any atom is -0.333 e. The maximum absolute atomic E-state index is 4.50. The molecule has 2 N–H and O–H groups in total. The molecule has 0 atom stereocenters. The van der Waals surface area contributed by atoms with E-state index in [1.807, 2.05) is 6.08 Å². The Morgan fingerprint density at radius 1 is 1.09 bits per heavy atom. The molecule has 0 spiro atoms. The molecule has 0 saturated heterocycles. The Balaban J connectivity index is 0. The van der Waals surface area contributed by atoms with E-state index in [2.05, 4.69) is 19.2 Å². The van der Waals surface area contributed by atoms with Crippen LogP contribution < -0.4 is 5.73 Å². The van der Waals surface area contributed by atoms with Crippen molar-refractivity contribution >= 4 is 0 Å². The van der Waals surface area contributed by atoms with Crippen molar-refractivity contribution in [1.29, 1.82) is 0 Å². The Morgan fingerprint density at radius 2 is 1.64 bits per heavy atom. The van der Waals surface area contributed by atoms with Gasteiger partial charge in [-0.25, -0.2) is 0 Å². The van der Waals surface area contributed by atoms with E-state index in [1.54, 1.807) is 0 Å². The molecule has 0 bridgehead atoms. The van der Waals surface area contributed by atoms with Crippen molar-refractivity contribution in [1.82, 2.24) is 0 Å². The summed E-state index contributed by atoms with van der Waals surface area (Å²) in [6.45, 7) is 5.92. The first-order valence-electron chi connectivity index (χ1n) is 4.60. The lowest BCUT2D eigenvalue weighted by Gasteiger charge is -1.94. The number of rotatable bonds is 6. The molecule has 68 valence electrons. The van der Waals surface area contributed by atoms with Crippen LogP contribution in [-0.2, 0) is 0 Å². The average Bonchev–Trinajstić information content (AvgIpc) is 2.08. The molecular formula is C10H23N. The zero-order valence-electron chi connectivity index (χ0n) is 8.10. The van der Waals surface area contributed by atoms with E-state index in [0.29, 0.717) is 0 Å². The Labute approximate surface area is 71.7 Å². The molecule has 0 heterocycles. The van der Waals surface area contributed by atoms with Crippen LogP contribution in [0.2, 0.25) is 0 Å². The first-order valence-corrected chi connectivity index (χ1v) is 4.60. The molecule has 0 aromatic heterocycles. The predicted molar refractivity (Wildman–Crippen MR) is 53.7 cm³/mol. The van der Waals surface area contributed by atoms with E-state index in [4.69, 9.17) is 0 Å². The average molecular weight is 157 g/mol. The highest BCUT2D eigenvalue weighted by Crippen LogP contribution is 2.04. The van der Waals surface area contributed by atoms with Gasteiger partial charge in [0.05, 0.1) is 0 Å². The number of hydrogen-bond donors (Lipinski definition) is 1. The second-order valence-corrected chi connectivity index (χ2v) is 2.49. The lowest BCUT2D eigenvalue weighted by atomic mass is 10.1. The van der Waals surface area contributed by atoms with Gasteiger partial charge in [0.1, 0.15) is 0 Å². The molecule has 0 saturated carbocycles. The van der Waals surface area contributed by atoms with Crippen molar-refractivity contribution in [2.24, 2.45) is 5.73 Å². The molecule has 11 heavy (non-hydrogen) atoms. The van der Waals surface area contributed by atoms with Gasteiger partial charge in [-0.15, -0.1) is 6.58 Å². The molecule has 0 aliphatic carbocycles. The molecule has 1 nitrogen and oxygen atoms in total. The Kier molecular flexibility index (Phi) is 19.8. The lowest BCUT2D eigenvalue weighted by Crippen LogP contribution is -1.74. The monoisotopic (exact) mass is 157 g/mol. The summed E-state index contributed by atoms with van der Waals surface area (Å²) in [5.74, 6) is 0. The van der Waals surface area contributed by atoms with Crippen LogP contribution in [0.1, 0.15) is 45.4 Å². The third kappa shape index (κ3) is 17.7. The maximum atomic E-state index is 4.50. The van der Waals surface area contributed by atoms with Crippen LogP contribution in [0.15, 0.2) is 12.7 Å². The van der Waals surface area contributed by atoms with Crippen LogP contribution in [-0.4, -0.2) is 7.05 Å². The normalized spacial score (nSPS) is 8.27. The predicted octanol–water partition coefficient (Wildman–Crippen LogP) is 3.11. The molecule has 0 rings (SSSR count). The van der Waals surface area contributed by atoms with E-state index in [1.165, 1.54) is 45.6 Å². The molecule has 0 aromatic carbocycles. The summed E-state index contributed by atoms with van der Waals surface area (Å²) in [4.78, 5) is 0. The van der Waals surface area contributed by atoms with Gasteiger partial charge in [-0.1, -0.05) is 38.7 Å². The summed E-state index contributed by atoms with van der Waals surface area (Å²) in [6, 6.07) is 0. The summed E-state index contributed by atoms with van der Waals surface area (Å²) in [7, 11) is 1.50. The third-order valence-electron chi connectivity index (χ3n) is 1.51. The Hall–Kier alpha value is -0.300. The van der Waals surface area contributed by atoms with Crippen LogP contribution in [0.25, 0.3) is 0 Å². The van der Waals surface area contributed by atoms with Crippen molar-refractivity contribution in [3.63, 3.8) is 0 Å². The molecule has 0 amide bonds. The van der Waals surface area contributed by atoms with Crippen LogP contribution in [0, 0.1) is 0 Å². The summed E-state index contributed by atoms with van der Waals surface area (Å²) in [5.41, 5.74) is 4.50. The van der Waals surface area contributed by atoms with Gasteiger partial charge in [0, 0.05) is 0 Å². The fourth-order valence-corrected chi connectivity index (χ4v) is 0.892. The fourth-order valence-electron chi connectivity index (χ4n) is 0.892. The molecule has 0 aliphatic heterocycles. The van der Waals surface area contributed by atoms with Crippen LogP contribution in [0.5, 0.6) is 0 Å². The number of allylic oxidation sites excluding steroid dienone is 1. The van der Waals surface area contributed by atoms with Gasteiger partial charge in [-0.3, -0.25) is 0 Å². The standard InChI is InChI=1S/C9H18.CH5N/c1-3-5-7-9-8-6-4-2;1-2/h3H,1,4-9H2,2H3;2H2,1H3. The van der Waals surface area contributed by atoms with E-state index < -0.39 is 0 Å². The number of unbranched alkanes of at least 4 members (excludes halogenated alkanes) is 5. The molecule has 0 fully saturated rings. The minimum absolute atomic E-state index is 1.20. The van der Waals surface area contributed by atoms with Crippen molar-refractivity contribution < 1.29 is 0 Å². The maximum Gasteiger partial charge on any atom is -0.0195 e. The largest absolute Gasteiger partial charge is 0.333 e. The highest BCUT2D eigenvalue weighted by molar-refractivity contribution is 4.65. The Morgan fingerprint density at radius 3 is 2.09 bits per heavy atom. The van der Waals surface area contributed by atoms with Crippen LogP contribution in [0.3, 0.4) is 0 Å². The number of nitrogens with two attached hydrogens (primary N) is 1. The molecule has 0 aromatic rings. The highest BCUT2D eigenvalue weighted by atomic mass is 14.4. The minimum atomic E-state index is 1.20. The first-order chi connectivity index (χ1) is 5.41. The summed E-state index contributed by atoms with van der Waals surface area (Å²) >= 11 is 0. The zero-order chi connectivity index (χ0) is 8.95. The van der Waals surface area contributed by atoms with Crippen LogP contribution in [0.4, 0.5) is 0 Å². The Bertz CT molecular complexity index is 59.9. The van der Waals surface area contributed by atoms with Gasteiger partial charge in [-0.2, -0.15) is 0 Å². The summed E-state index contributed by atoms with van der Waals surface area (Å²) in [5, 5.41) is 0. The van der Waals surface area contributed by atoms with E-state index in [-0.39, 0.29) is 0 Å². The lowest BCUT2D eigenvalue weighted by molar-refractivity contribution is 0.638. The van der Waals surface area contributed by atoms with Gasteiger partial charge in [-0.05, 0) is 19.9 Å². The van der Waals surface area contributed by atoms with Gasteiger partial charge < -0.3 is 5.73 Å². The smallest absolute Gasteiger partial charge is 0.0195 e. The van der Waals surface area contributed by atoms with Crippen molar-refractivity contribution in [3.8, 4) is 0 Å². The topological polar surface area (TPSA) is 26.0 Å². The van der Waals surface area contributed by atoms with E-state index in [0.717, 1.165) is 0 Å². The van der Waals surface area contributed by atoms with Gasteiger partial charge in [0.15, 0.2) is 0 Å². The van der Waals surface area contributed by atoms with Crippen molar-refractivity contribution in [2.75, 3.05) is 7.05 Å². The SMILES string of the molecule is C=CCCCCCCC.CN.